The Morgan fingerprint density at radius 3 is 2.20 bits per heavy atom. The van der Waals surface area contributed by atoms with Crippen LogP contribution in [0.25, 0.3) is 0 Å². The first kappa shape index (κ1) is 29.4. The molecule has 0 saturated carbocycles. The zero-order valence-electron chi connectivity index (χ0n) is 20.1. The number of halogens is 3. The number of rotatable bonds is 11. The van der Waals surface area contributed by atoms with Crippen LogP contribution in [0.5, 0.6) is 0 Å². The standard InChI is InChI=1S/C24H30BrCl2N3O4S/c1-5-22(24(32)28-13-16(2)3)29(14-17-6-11-20(26)21(27)12-17)23(31)15-30(35(4,33)34)19-9-7-18(25)8-10-19/h6-12,16,22H,5,13-15H2,1-4H3,(H,28,32). The highest BCUT2D eigenvalue weighted by Crippen LogP contribution is 2.25. The molecule has 0 saturated heterocycles. The predicted octanol–water partition coefficient (Wildman–Crippen LogP) is 5.10. The highest BCUT2D eigenvalue weighted by Gasteiger charge is 2.31. The number of carbonyl (C=O) groups excluding carboxylic acids is 2. The van der Waals surface area contributed by atoms with Gasteiger partial charge in [-0.15, -0.1) is 0 Å². The molecule has 0 spiro atoms. The van der Waals surface area contributed by atoms with Crippen LogP contribution < -0.4 is 9.62 Å². The molecule has 0 bridgehead atoms. The van der Waals surface area contributed by atoms with Crippen molar-refractivity contribution in [2.75, 3.05) is 23.7 Å². The molecular formula is C24H30BrCl2N3O4S. The number of carbonyl (C=O) groups is 2. The van der Waals surface area contributed by atoms with E-state index in [-0.39, 0.29) is 18.4 Å². The Labute approximate surface area is 225 Å². The van der Waals surface area contributed by atoms with E-state index in [9.17, 15) is 18.0 Å². The Bertz CT molecular complexity index is 1140. The zero-order chi connectivity index (χ0) is 26.3. The Balaban J connectivity index is 2.43. The minimum Gasteiger partial charge on any atom is -0.354 e. The van der Waals surface area contributed by atoms with Gasteiger partial charge in [0, 0.05) is 17.6 Å². The van der Waals surface area contributed by atoms with E-state index in [4.69, 9.17) is 23.2 Å². The highest BCUT2D eigenvalue weighted by molar-refractivity contribution is 9.10. The summed E-state index contributed by atoms with van der Waals surface area (Å²) in [6.07, 6.45) is 1.38. The lowest BCUT2D eigenvalue weighted by Gasteiger charge is -2.33. The molecule has 2 amide bonds. The number of nitrogens with one attached hydrogen (secondary N) is 1. The molecule has 2 aromatic rings. The summed E-state index contributed by atoms with van der Waals surface area (Å²) in [6.45, 7) is 5.80. The third kappa shape index (κ3) is 8.66. The highest BCUT2D eigenvalue weighted by atomic mass is 79.9. The predicted molar refractivity (Wildman–Crippen MR) is 145 cm³/mol. The van der Waals surface area contributed by atoms with Gasteiger partial charge in [-0.2, -0.15) is 0 Å². The van der Waals surface area contributed by atoms with E-state index in [0.717, 1.165) is 15.0 Å². The zero-order valence-corrected chi connectivity index (χ0v) is 24.0. The molecule has 2 aromatic carbocycles. The maximum atomic E-state index is 13.6. The van der Waals surface area contributed by atoms with Crippen LogP contribution in [0.3, 0.4) is 0 Å². The summed E-state index contributed by atoms with van der Waals surface area (Å²) in [6, 6.07) is 10.8. The van der Waals surface area contributed by atoms with Gasteiger partial charge in [-0.3, -0.25) is 13.9 Å². The average molecular weight is 607 g/mol. The molecule has 0 aliphatic rings. The molecule has 11 heteroatoms. The van der Waals surface area contributed by atoms with Gasteiger partial charge in [0.2, 0.25) is 21.8 Å². The maximum absolute atomic E-state index is 13.6. The third-order valence-electron chi connectivity index (χ3n) is 5.20. The normalized spacial score (nSPS) is 12.3. The molecule has 2 rings (SSSR count). The molecule has 0 radical (unpaired) electrons. The molecule has 35 heavy (non-hydrogen) atoms. The summed E-state index contributed by atoms with van der Waals surface area (Å²) in [7, 11) is -3.79. The average Bonchev–Trinajstić information content (AvgIpc) is 2.78. The van der Waals surface area contributed by atoms with Crippen LogP contribution >= 0.6 is 39.1 Å². The van der Waals surface area contributed by atoms with Crippen molar-refractivity contribution in [3.8, 4) is 0 Å². The number of hydrogen-bond donors (Lipinski definition) is 1. The molecule has 0 aliphatic carbocycles. The van der Waals surface area contributed by atoms with Gasteiger partial charge >= 0.3 is 0 Å². The number of sulfonamides is 1. The number of anilines is 1. The molecule has 0 heterocycles. The van der Waals surface area contributed by atoms with Crippen molar-refractivity contribution >= 4 is 66.7 Å². The first-order valence-electron chi connectivity index (χ1n) is 11.1. The summed E-state index contributed by atoms with van der Waals surface area (Å²) in [4.78, 5) is 28.0. The second kappa shape index (κ2) is 12.9. The molecule has 192 valence electrons. The lowest BCUT2D eigenvalue weighted by atomic mass is 10.1. The summed E-state index contributed by atoms with van der Waals surface area (Å²) in [5.41, 5.74) is 1.01. The molecule has 0 aliphatic heterocycles. The van der Waals surface area contributed by atoms with Gasteiger partial charge in [-0.25, -0.2) is 8.42 Å². The van der Waals surface area contributed by atoms with Crippen LogP contribution in [0.4, 0.5) is 5.69 Å². The van der Waals surface area contributed by atoms with Gasteiger partial charge in [0.25, 0.3) is 0 Å². The first-order chi connectivity index (χ1) is 16.3. The van der Waals surface area contributed by atoms with E-state index >= 15 is 0 Å². The number of benzene rings is 2. The molecule has 7 nitrogen and oxygen atoms in total. The monoisotopic (exact) mass is 605 g/mol. The van der Waals surface area contributed by atoms with Crippen molar-refractivity contribution in [2.45, 2.75) is 39.8 Å². The van der Waals surface area contributed by atoms with E-state index in [1.165, 1.54) is 4.90 Å². The minimum atomic E-state index is -3.79. The number of amides is 2. The summed E-state index contributed by atoms with van der Waals surface area (Å²) in [5, 5.41) is 3.57. The van der Waals surface area contributed by atoms with Crippen LogP contribution in [0, 0.1) is 5.92 Å². The van der Waals surface area contributed by atoms with Crippen molar-refractivity contribution in [2.24, 2.45) is 5.92 Å². The lowest BCUT2D eigenvalue weighted by molar-refractivity contribution is -0.140. The van der Waals surface area contributed by atoms with Crippen molar-refractivity contribution < 1.29 is 18.0 Å². The second-order valence-corrected chi connectivity index (χ2v) is 12.2. The van der Waals surface area contributed by atoms with Crippen molar-refractivity contribution in [1.29, 1.82) is 0 Å². The Morgan fingerprint density at radius 2 is 1.69 bits per heavy atom. The van der Waals surface area contributed by atoms with Crippen molar-refractivity contribution in [1.82, 2.24) is 10.2 Å². The summed E-state index contributed by atoms with van der Waals surface area (Å²) < 4.78 is 27.0. The lowest BCUT2D eigenvalue weighted by Crippen LogP contribution is -2.52. The van der Waals surface area contributed by atoms with E-state index < -0.39 is 28.5 Å². The molecule has 1 N–H and O–H groups in total. The van der Waals surface area contributed by atoms with Gasteiger partial charge in [-0.05, 0) is 54.3 Å². The fraction of sp³-hybridized carbons (Fsp3) is 0.417. The van der Waals surface area contributed by atoms with Crippen molar-refractivity contribution in [3.05, 3.63) is 62.5 Å². The topological polar surface area (TPSA) is 86.8 Å². The Kier molecular flexibility index (Phi) is 10.9. The van der Waals surface area contributed by atoms with E-state index in [1.54, 1.807) is 49.4 Å². The molecular weight excluding hydrogens is 577 g/mol. The Hall–Kier alpha value is -1.81. The van der Waals surface area contributed by atoms with Gasteiger partial charge in [0.15, 0.2) is 0 Å². The summed E-state index contributed by atoms with van der Waals surface area (Å²) in [5.74, 6) is -0.589. The van der Waals surface area contributed by atoms with Gasteiger partial charge in [0.1, 0.15) is 12.6 Å². The van der Waals surface area contributed by atoms with E-state index in [0.29, 0.717) is 34.3 Å². The number of hydrogen-bond acceptors (Lipinski definition) is 4. The molecule has 1 atom stereocenters. The maximum Gasteiger partial charge on any atom is 0.244 e. The van der Waals surface area contributed by atoms with Gasteiger partial charge in [0.05, 0.1) is 22.0 Å². The van der Waals surface area contributed by atoms with E-state index in [2.05, 4.69) is 21.2 Å². The number of nitrogens with zero attached hydrogens (tertiary/aromatic N) is 2. The van der Waals surface area contributed by atoms with Gasteiger partial charge < -0.3 is 10.2 Å². The third-order valence-corrected chi connectivity index (χ3v) is 7.61. The van der Waals surface area contributed by atoms with Crippen molar-refractivity contribution in [3.63, 3.8) is 0 Å². The fourth-order valence-electron chi connectivity index (χ4n) is 3.40. The minimum absolute atomic E-state index is 0.0568. The second-order valence-electron chi connectivity index (χ2n) is 8.58. The van der Waals surface area contributed by atoms with Crippen LogP contribution in [0.15, 0.2) is 46.9 Å². The molecule has 0 fully saturated rings. The van der Waals surface area contributed by atoms with E-state index in [1.807, 2.05) is 13.8 Å². The fourth-order valence-corrected chi connectivity index (χ4v) is 4.83. The SMILES string of the molecule is CCC(C(=O)NCC(C)C)N(Cc1ccc(Cl)c(Cl)c1)C(=O)CN(c1ccc(Br)cc1)S(C)(=O)=O. The van der Waals surface area contributed by atoms with Crippen LogP contribution in [-0.4, -0.2) is 50.5 Å². The summed E-state index contributed by atoms with van der Waals surface area (Å²) >= 11 is 15.5. The Morgan fingerprint density at radius 1 is 1.06 bits per heavy atom. The quantitative estimate of drug-likeness (QED) is 0.385. The molecule has 1 unspecified atom stereocenters. The smallest absolute Gasteiger partial charge is 0.244 e. The van der Waals surface area contributed by atoms with Crippen LogP contribution in [0.2, 0.25) is 10.0 Å². The van der Waals surface area contributed by atoms with Crippen LogP contribution in [-0.2, 0) is 26.2 Å². The largest absolute Gasteiger partial charge is 0.354 e. The van der Waals surface area contributed by atoms with Crippen LogP contribution in [0.1, 0.15) is 32.8 Å². The van der Waals surface area contributed by atoms with Gasteiger partial charge in [-0.1, -0.05) is 66.0 Å². The molecule has 0 aromatic heterocycles. The first-order valence-corrected chi connectivity index (χ1v) is 14.5.